The summed E-state index contributed by atoms with van der Waals surface area (Å²) in [5, 5.41) is 4.50. The Balaban J connectivity index is 1.59. The lowest BCUT2D eigenvalue weighted by atomic mass is 10.1. The number of nitrogens with zero attached hydrogens (tertiary/aromatic N) is 3. The molecule has 4 rings (SSSR count). The van der Waals surface area contributed by atoms with Crippen LogP contribution in [-0.2, 0) is 9.59 Å². The minimum Gasteiger partial charge on any atom is -0.326 e. The average molecular weight is 480 g/mol. The van der Waals surface area contributed by atoms with Crippen molar-refractivity contribution in [3.05, 3.63) is 89.7 Å². The third-order valence-corrected chi connectivity index (χ3v) is 5.49. The second kappa shape index (κ2) is 9.76. The van der Waals surface area contributed by atoms with Gasteiger partial charge in [-0.2, -0.15) is 0 Å². The molecule has 1 atom stereocenters. The number of carbonyl (C=O) groups excluding carboxylic acids is 3. The molecule has 1 unspecified atom stereocenters. The van der Waals surface area contributed by atoms with Crippen molar-refractivity contribution in [1.29, 1.82) is 0 Å². The zero-order chi connectivity index (χ0) is 23.4. The van der Waals surface area contributed by atoms with E-state index < -0.39 is 23.8 Å². The summed E-state index contributed by atoms with van der Waals surface area (Å²) in [6.07, 6.45) is 2.72. The highest BCUT2D eigenvalue weighted by atomic mass is 35.5. The summed E-state index contributed by atoms with van der Waals surface area (Å²) >= 11 is 11.5. The number of rotatable bonds is 6. The molecule has 0 bridgehead atoms. The van der Waals surface area contributed by atoms with Crippen molar-refractivity contribution in [2.45, 2.75) is 12.5 Å². The van der Waals surface area contributed by atoms with E-state index in [9.17, 15) is 14.4 Å². The Labute approximate surface area is 200 Å². The Hall–Kier alpha value is -3.82. The van der Waals surface area contributed by atoms with E-state index in [1.54, 1.807) is 48.5 Å². The minimum atomic E-state index is -1.04. The fourth-order valence-electron chi connectivity index (χ4n) is 3.34. The third kappa shape index (κ3) is 5.00. The second-order valence-corrected chi connectivity index (χ2v) is 7.92. The van der Waals surface area contributed by atoms with Gasteiger partial charge in [0.05, 0.1) is 12.1 Å². The first-order valence-corrected chi connectivity index (χ1v) is 10.7. The van der Waals surface area contributed by atoms with Crippen molar-refractivity contribution in [3.8, 4) is 0 Å². The van der Waals surface area contributed by atoms with Crippen LogP contribution in [0.25, 0.3) is 0 Å². The first kappa shape index (κ1) is 22.4. The molecule has 1 fully saturated rings. The molecule has 2 heterocycles. The number of halogens is 1. The second-order valence-electron chi connectivity index (χ2n) is 7.12. The molecule has 1 aliphatic rings. The molecule has 1 saturated heterocycles. The van der Waals surface area contributed by atoms with Crippen LogP contribution >= 0.6 is 23.8 Å². The van der Waals surface area contributed by atoms with Gasteiger partial charge in [0.1, 0.15) is 6.04 Å². The number of nitrogens with one attached hydrogen (secondary N) is 2. The Bertz CT molecular complexity index is 1210. The SMILES string of the molecule is O=C(CC1C(=O)N(c2ccccc2)C(=S)N1NC(=O)c1ccncc1)Nc1cccc(Cl)c1. The summed E-state index contributed by atoms with van der Waals surface area (Å²) in [6, 6.07) is 17.5. The Morgan fingerprint density at radius 3 is 2.45 bits per heavy atom. The minimum absolute atomic E-state index is 0.0640. The quantitative estimate of drug-likeness (QED) is 0.526. The molecule has 2 aromatic carbocycles. The fourth-order valence-corrected chi connectivity index (χ4v) is 3.90. The van der Waals surface area contributed by atoms with Crippen LogP contribution < -0.4 is 15.6 Å². The van der Waals surface area contributed by atoms with E-state index in [2.05, 4.69) is 15.7 Å². The van der Waals surface area contributed by atoms with E-state index in [0.717, 1.165) is 0 Å². The van der Waals surface area contributed by atoms with Gasteiger partial charge < -0.3 is 5.32 Å². The largest absolute Gasteiger partial charge is 0.326 e. The van der Waals surface area contributed by atoms with Gasteiger partial charge in [-0.15, -0.1) is 0 Å². The van der Waals surface area contributed by atoms with E-state index in [-0.39, 0.29) is 11.5 Å². The van der Waals surface area contributed by atoms with Gasteiger partial charge in [0.15, 0.2) is 0 Å². The summed E-state index contributed by atoms with van der Waals surface area (Å²) in [5.74, 6) is -1.35. The molecular formula is C23H18ClN5O3S. The van der Waals surface area contributed by atoms with Gasteiger partial charge in [-0.1, -0.05) is 35.9 Å². The van der Waals surface area contributed by atoms with Crippen LogP contribution in [0.4, 0.5) is 11.4 Å². The molecule has 166 valence electrons. The molecule has 3 amide bonds. The van der Waals surface area contributed by atoms with E-state index in [1.807, 2.05) is 6.07 Å². The summed E-state index contributed by atoms with van der Waals surface area (Å²) in [7, 11) is 0. The van der Waals surface area contributed by atoms with Crippen molar-refractivity contribution in [2.24, 2.45) is 0 Å². The van der Waals surface area contributed by atoms with E-state index in [4.69, 9.17) is 23.8 Å². The zero-order valence-corrected chi connectivity index (χ0v) is 18.7. The third-order valence-electron chi connectivity index (χ3n) is 4.88. The Morgan fingerprint density at radius 1 is 1.03 bits per heavy atom. The molecule has 0 radical (unpaired) electrons. The molecule has 1 aliphatic heterocycles. The zero-order valence-electron chi connectivity index (χ0n) is 17.1. The van der Waals surface area contributed by atoms with Gasteiger partial charge in [-0.25, -0.2) is 5.01 Å². The maximum atomic E-state index is 13.3. The summed E-state index contributed by atoms with van der Waals surface area (Å²) in [5.41, 5.74) is 4.03. The Kier molecular flexibility index (Phi) is 6.62. The van der Waals surface area contributed by atoms with Gasteiger partial charge in [0.2, 0.25) is 11.0 Å². The number of hydrazine groups is 1. The number of amides is 3. The summed E-state index contributed by atoms with van der Waals surface area (Å²) in [6.45, 7) is 0. The maximum absolute atomic E-state index is 13.3. The van der Waals surface area contributed by atoms with Crippen LogP contribution in [0.1, 0.15) is 16.8 Å². The maximum Gasteiger partial charge on any atom is 0.269 e. The number of pyridine rings is 1. The molecule has 2 N–H and O–H groups in total. The monoisotopic (exact) mass is 479 g/mol. The summed E-state index contributed by atoms with van der Waals surface area (Å²) < 4.78 is 0. The van der Waals surface area contributed by atoms with Crippen molar-refractivity contribution >= 4 is 58.0 Å². The molecule has 0 saturated carbocycles. The van der Waals surface area contributed by atoms with Crippen LogP contribution in [0, 0.1) is 0 Å². The van der Waals surface area contributed by atoms with Gasteiger partial charge in [-0.3, -0.25) is 29.7 Å². The van der Waals surface area contributed by atoms with Crippen LogP contribution in [0.2, 0.25) is 5.02 Å². The van der Waals surface area contributed by atoms with Crippen molar-refractivity contribution in [2.75, 3.05) is 10.2 Å². The van der Waals surface area contributed by atoms with Crippen LogP contribution in [0.3, 0.4) is 0 Å². The molecule has 8 nitrogen and oxygen atoms in total. The van der Waals surface area contributed by atoms with Crippen LogP contribution in [0.5, 0.6) is 0 Å². The summed E-state index contributed by atoms with van der Waals surface area (Å²) in [4.78, 5) is 44.1. The molecule has 0 spiro atoms. The van der Waals surface area contributed by atoms with E-state index >= 15 is 0 Å². The fraction of sp³-hybridized carbons (Fsp3) is 0.0870. The van der Waals surface area contributed by atoms with Gasteiger partial charge in [0, 0.05) is 28.7 Å². The number of hydrogen-bond donors (Lipinski definition) is 2. The number of carbonyl (C=O) groups is 3. The highest BCUT2D eigenvalue weighted by molar-refractivity contribution is 7.80. The van der Waals surface area contributed by atoms with E-state index in [1.165, 1.54) is 34.4 Å². The van der Waals surface area contributed by atoms with Gasteiger partial charge >= 0.3 is 0 Å². The molecule has 10 heteroatoms. The van der Waals surface area contributed by atoms with Crippen LogP contribution in [0.15, 0.2) is 79.1 Å². The lowest BCUT2D eigenvalue weighted by molar-refractivity contribution is -0.124. The highest BCUT2D eigenvalue weighted by Crippen LogP contribution is 2.26. The Morgan fingerprint density at radius 2 is 1.76 bits per heavy atom. The molecule has 0 aliphatic carbocycles. The topological polar surface area (TPSA) is 94.6 Å². The number of benzene rings is 2. The smallest absolute Gasteiger partial charge is 0.269 e. The lowest BCUT2D eigenvalue weighted by Crippen LogP contribution is -2.49. The lowest BCUT2D eigenvalue weighted by Gasteiger charge is -2.24. The molecule has 33 heavy (non-hydrogen) atoms. The standard InChI is InChI=1S/C23H18ClN5O3S/c24-16-5-4-6-17(13-16)26-20(30)14-19-22(32)28(18-7-2-1-3-8-18)23(33)29(19)27-21(31)15-9-11-25-12-10-15/h1-13,19H,14H2,(H,26,30)(H,27,31). The number of hydrogen-bond acceptors (Lipinski definition) is 5. The normalized spacial score (nSPS) is 15.5. The average Bonchev–Trinajstić information content (AvgIpc) is 3.04. The van der Waals surface area contributed by atoms with E-state index in [0.29, 0.717) is 22.0 Å². The highest BCUT2D eigenvalue weighted by Gasteiger charge is 2.45. The molecule has 1 aromatic heterocycles. The van der Waals surface area contributed by atoms with Crippen molar-refractivity contribution in [1.82, 2.24) is 15.4 Å². The molecular weight excluding hydrogens is 462 g/mol. The van der Waals surface area contributed by atoms with Gasteiger partial charge in [-0.05, 0) is 54.7 Å². The van der Waals surface area contributed by atoms with Crippen molar-refractivity contribution in [3.63, 3.8) is 0 Å². The number of anilines is 2. The first-order chi connectivity index (χ1) is 15.9. The predicted octanol–water partition coefficient (Wildman–Crippen LogP) is 3.41. The van der Waals surface area contributed by atoms with Gasteiger partial charge in [0.25, 0.3) is 11.8 Å². The van der Waals surface area contributed by atoms with Crippen molar-refractivity contribution < 1.29 is 14.4 Å². The predicted molar refractivity (Wildman–Crippen MR) is 129 cm³/mol. The number of para-hydroxylation sites is 1. The number of thiocarbonyl (C=S) groups is 1. The number of aromatic nitrogens is 1. The molecule has 3 aromatic rings. The van der Waals surface area contributed by atoms with Crippen LogP contribution in [-0.4, -0.2) is 38.9 Å². The first-order valence-electron chi connectivity index (χ1n) is 9.92.